The van der Waals surface area contributed by atoms with Crippen molar-refractivity contribution in [2.45, 2.75) is 0 Å². The fourth-order valence-electron chi connectivity index (χ4n) is 3.23. The van der Waals surface area contributed by atoms with Gasteiger partial charge in [0.25, 0.3) is 5.91 Å². The van der Waals surface area contributed by atoms with Crippen molar-refractivity contribution in [1.82, 2.24) is 0 Å². The first-order valence-electron chi connectivity index (χ1n) is 10.1. The van der Waals surface area contributed by atoms with E-state index in [4.69, 9.17) is 21.1 Å². The van der Waals surface area contributed by atoms with Crippen molar-refractivity contribution in [1.29, 1.82) is 0 Å². The zero-order valence-electron chi connectivity index (χ0n) is 17.2. The predicted octanol–water partition coefficient (Wildman–Crippen LogP) is 4.80. The second-order valence-corrected chi connectivity index (χ2v) is 7.49. The fourth-order valence-corrected chi connectivity index (χ4v) is 3.35. The van der Waals surface area contributed by atoms with E-state index >= 15 is 0 Å². The van der Waals surface area contributed by atoms with Gasteiger partial charge in [-0.15, -0.1) is 0 Å². The first kappa shape index (κ1) is 21.5. The minimum atomic E-state index is -0.278. The highest BCUT2D eigenvalue weighted by atomic mass is 35.5. The summed E-state index contributed by atoms with van der Waals surface area (Å²) in [5, 5.41) is 3.44. The molecule has 1 aliphatic rings. The van der Waals surface area contributed by atoms with Crippen LogP contribution in [0.25, 0.3) is 6.08 Å². The van der Waals surface area contributed by atoms with Gasteiger partial charge in [0.1, 0.15) is 18.1 Å². The number of ether oxygens (including phenoxy) is 2. The number of anilines is 2. The summed E-state index contributed by atoms with van der Waals surface area (Å²) in [6.07, 6.45) is 3.15. The van der Waals surface area contributed by atoms with E-state index in [1.807, 2.05) is 42.5 Å². The van der Waals surface area contributed by atoms with E-state index < -0.39 is 0 Å². The number of fused-ring (bicyclic) bond motifs is 1. The van der Waals surface area contributed by atoms with Crippen molar-refractivity contribution in [3.63, 3.8) is 0 Å². The molecule has 0 bridgehead atoms. The summed E-state index contributed by atoms with van der Waals surface area (Å²) in [7, 11) is 0. The number of para-hydroxylation sites is 1. The molecule has 0 aliphatic carbocycles. The van der Waals surface area contributed by atoms with Crippen LogP contribution in [-0.4, -0.2) is 31.6 Å². The van der Waals surface area contributed by atoms with E-state index in [0.29, 0.717) is 35.3 Å². The maximum atomic E-state index is 12.4. The molecule has 0 radical (unpaired) electrons. The number of halogens is 1. The van der Waals surface area contributed by atoms with Crippen LogP contribution >= 0.6 is 11.6 Å². The van der Waals surface area contributed by atoms with Gasteiger partial charge in [-0.2, -0.15) is 0 Å². The molecule has 3 aromatic carbocycles. The summed E-state index contributed by atoms with van der Waals surface area (Å²) in [5.74, 6) is 0.860. The van der Waals surface area contributed by atoms with E-state index in [2.05, 4.69) is 5.32 Å². The van der Waals surface area contributed by atoms with Gasteiger partial charge in [0.05, 0.1) is 12.2 Å². The monoisotopic (exact) mass is 448 g/mol. The normalized spacial score (nSPS) is 12.9. The van der Waals surface area contributed by atoms with Crippen molar-refractivity contribution in [2.24, 2.45) is 0 Å². The summed E-state index contributed by atoms with van der Waals surface area (Å²) < 4.78 is 11.3. The zero-order chi connectivity index (χ0) is 22.3. The summed E-state index contributed by atoms with van der Waals surface area (Å²) in [6.45, 7) is 0.676. The molecule has 1 N–H and O–H groups in total. The minimum absolute atomic E-state index is 0.0633. The molecule has 0 saturated heterocycles. The Bertz CT molecular complexity index is 1130. The second-order valence-electron chi connectivity index (χ2n) is 7.05. The fraction of sp³-hybridized carbons (Fsp3) is 0.120. The molecule has 1 heterocycles. The molecule has 32 heavy (non-hydrogen) atoms. The molecule has 0 spiro atoms. The molecule has 0 unspecified atom stereocenters. The molecule has 0 atom stereocenters. The van der Waals surface area contributed by atoms with Crippen molar-refractivity contribution in [3.8, 4) is 11.5 Å². The lowest BCUT2D eigenvalue weighted by molar-refractivity contribution is -0.121. The lowest BCUT2D eigenvalue weighted by Gasteiger charge is -2.29. The van der Waals surface area contributed by atoms with Gasteiger partial charge in [0, 0.05) is 22.9 Å². The smallest absolute Gasteiger partial charge is 0.265 e. The molecule has 0 saturated carbocycles. The molecule has 4 rings (SSSR count). The van der Waals surface area contributed by atoms with Crippen molar-refractivity contribution in [3.05, 3.63) is 89.5 Å². The maximum Gasteiger partial charge on any atom is 0.265 e. The highest BCUT2D eigenvalue weighted by Crippen LogP contribution is 2.34. The lowest BCUT2D eigenvalue weighted by Crippen LogP contribution is -2.41. The molecule has 2 amide bonds. The van der Waals surface area contributed by atoms with Gasteiger partial charge < -0.3 is 19.7 Å². The number of nitrogens with zero attached hydrogens (tertiary/aromatic N) is 1. The van der Waals surface area contributed by atoms with E-state index in [0.717, 1.165) is 11.3 Å². The number of hydrogen-bond donors (Lipinski definition) is 1. The predicted molar refractivity (Wildman–Crippen MR) is 125 cm³/mol. The topological polar surface area (TPSA) is 67.9 Å². The number of benzene rings is 3. The van der Waals surface area contributed by atoms with Crippen LogP contribution in [0.5, 0.6) is 11.5 Å². The molecule has 0 aromatic heterocycles. The Morgan fingerprint density at radius 1 is 1.09 bits per heavy atom. The highest BCUT2D eigenvalue weighted by Gasteiger charge is 2.25. The van der Waals surface area contributed by atoms with Crippen molar-refractivity contribution >= 4 is 40.9 Å². The van der Waals surface area contributed by atoms with Crippen molar-refractivity contribution in [2.75, 3.05) is 30.0 Å². The van der Waals surface area contributed by atoms with Gasteiger partial charge >= 0.3 is 0 Å². The molecule has 6 nitrogen and oxygen atoms in total. The Labute approximate surface area is 191 Å². The highest BCUT2D eigenvalue weighted by molar-refractivity contribution is 6.30. The zero-order valence-corrected chi connectivity index (χ0v) is 17.9. The molecular weight excluding hydrogens is 428 g/mol. The molecule has 7 heteroatoms. The van der Waals surface area contributed by atoms with Crippen LogP contribution < -0.4 is 19.7 Å². The van der Waals surface area contributed by atoms with Crippen LogP contribution in [-0.2, 0) is 9.59 Å². The van der Waals surface area contributed by atoms with E-state index in [1.54, 1.807) is 41.3 Å². The Balaban J connectivity index is 1.39. The Morgan fingerprint density at radius 2 is 1.88 bits per heavy atom. The third kappa shape index (κ3) is 5.47. The SMILES string of the molecule is O=C(/C=C/c1ccc(Cl)cc1)Nc1ccc2c(c1)OCC(=O)N2CCOc1ccccc1. The Morgan fingerprint density at radius 3 is 2.66 bits per heavy atom. The standard InChI is InChI=1S/C25H21ClN2O4/c26-19-9-6-18(7-10-19)8-13-24(29)27-20-11-12-22-23(16-20)32-17-25(30)28(22)14-15-31-21-4-2-1-3-5-21/h1-13,16H,14-15,17H2,(H,27,29)/b13-8+. The number of carbonyl (C=O) groups is 2. The van der Waals surface area contributed by atoms with E-state index in [-0.39, 0.29) is 18.4 Å². The number of rotatable bonds is 7. The van der Waals surface area contributed by atoms with Gasteiger partial charge in [-0.1, -0.05) is 41.9 Å². The lowest BCUT2D eigenvalue weighted by atomic mass is 10.2. The van der Waals surface area contributed by atoms with Gasteiger partial charge in [-0.05, 0) is 48.0 Å². The summed E-state index contributed by atoms with van der Waals surface area (Å²) in [5.41, 5.74) is 2.09. The quantitative estimate of drug-likeness (QED) is 0.527. The van der Waals surface area contributed by atoms with Crippen LogP contribution in [0.15, 0.2) is 78.9 Å². The van der Waals surface area contributed by atoms with Gasteiger partial charge in [-0.25, -0.2) is 0 Å². The van der Waals surface area contributed by atoms with E-state index in [1.165, 1.54) is 6.08 Å². The summed E-state index contributed by atoms with van der Waals surface area (Å²) >= 11 is 5.87. The number of hydrogen-bond acceptors (Lipinski definition) is 4. The van der Waals surface area contributed by atoms with Gasteiger partial charge in [-0.3, -0.25) is 9.59 Å². The largest absolute Gasteiger partial charge is 0.492 e. The summed E-state index contributed by atoms with van der Waals surface area (Å²) in [6, 6.07) is 21.8. The van der Waals surface area contributed by atoms with Crippen LogP contribution in [0.2, 0.25) is 5.02 Å². The summed E-state index contributed by atoms with van der Waals surface area (Å²) in [4.78, 5) is 26.3. The van der Waals surface area contributed by atoms with Gasteiger partial charge in [0.15, 0.2) is 6.61 Å². The maximum absolute atomic E-state index is 12.4. The molecule has 1 aliphatic heterocycles. The molecule has 162 valence electrons. The average molecular weight is 449 g/mol. The molecule has 0 fully saturated rings. The van der Waals surface area contributed by atoms with Crippen LogP contribution in [0.3, 0.4) is 0 Å². The van der Waals surface area contributed by atoms with Gasteiger partial charge in [0.2, 0.25) is 5.91 Å². The van der Waals surface area contributed by atoms with Crippen LogP contribution in [0.4, 0.5) is 11.4 Å². The van der Waals surface area contributed by atoms with Crippen LogP contribution in [0, 0.1) is 0 Å². The number of carbonyl (C=O) groups excluding carboxylic acids is 2. The second kappa shape index (κ2) is 10.0. The third-order valence-corrected chi connectivity index (χ3v) is 5.05. The van der Waals surface area contributed by atoms with Crippen LogP contribution in [0.1, 0.15) is 5.56 Å². The first-order valence-corrected chi connectivity index (χ1v) is 10.5. The van der Waals surface area contributed by atoms with E-state index in [9.17, 15) is 9.59 Å². The Kier molecular flexibility index (Phi) is 6.72. The number of amides is 2. The average Bonchev–Trinajstić information content (AvgIpc) is 2.81. The first-order chi connectivity index (χ1) is 15.6. The third-order valence-electron chi connectivity index (χ3n) is 4.79. The number of nitrogens with one attached hydrogen (secondary N) is 1. The Hall–Kier alpha value is -3.77. The molecular formula is C25H21ClN2O4. The molecule has 3 aromatic rings. The van der Waals surface area contributed by atoms with Crippen molar-refractivity contribution < 1.29 is 19.1 Å². The minimum Gasteiger partial charge on any atom is -0.492 e.